The maximum absolute atomic E-state index is 13.2. The zero-order valence-electron chi connectivity index (χ0n) is 13.1. The fourth-order valence-corrected chi connectivity index (χ4v) is 2.84. The Morgan fingerprint density at radius 1 is 1.42 bits per heavy atom. The van der Waals surface area contributed by atoms with Gasteiger partial charge >= 0.3 is 11.8 Å². The minimum Gasteiger partial charge on any atom is -0.411 e. The molecule has 0 unspecified atom stereocenters. The second-order valence-electron chi connectivity index (χ2n) is 4.86. The lowest BCUT2D eigenvalue weighted by Crippen LogP contribution is -2.37. The summed E-state index contributed by atoms with van der Waals surface area (Å²) in [7, 11) is 0. The van der Waals surface area contributed by atoms with Crippen LogP contribution in [-0.4, -0.2) is 45.3 Å². The first-order chi connectivity index (χ1) is 12.4. The molecule has 9 nitrogen and oxygen atoms in total. The first-order valence-electron chi connectivity index (χ1n) is 7.10. The zero-order valence-corrected chi connectivity index (χ0v) is 14.7. The topological polar surface area (TPSA) is 144 Å². The molecule has 0 atom stereocenters. The monoisotopic (exact) mass is 401 g/mol. The van der Waals surface area contributed by atoms with Gasteiger partial charge in [0.15, 0.2) is 10.7 Å². The van der Waals surface area contributed by atoms with E-state index in [1.807, 2.05) is 0 Å². The van der Waals surface area contributed by atoms with Crippen LogP contribution in [0.2, 0.25) is 5.02 Å². The van der Waals surface area contributed by atoms with Crippen LogP contribution in [0.1, 0.15) is 11.3 Å². The molecule has 0 spiro atoms. The lowest BCUT2D eigenvalue weighted by atomic mass is 10.1. The molecule has 0 bridgehead atoms. The molecular weight excluding hydrogens is 389 g/mol. The van der Waals surface area contributed by atoms with E-state index in [0.717, 1.165) is 11.8 Å². The quantitative estimate of drug-likeness (QED) is 0.156. The average molecular weight is 402 g/mol. The molecule has 138 valence electrons. The molecule has 12 heteroatoms. The van der Waals surface area contributed by atoms with Gasteiger partial charge in [0.05, 0.1) is 5.02 Å². The van der Waals surface area contributed by atoms with E-state index in [2.05, 4.69) is 25.4 Å². The van der Waals surface area contributed by atoms with Gasteiger partial charge in [-0.05, 0) is 28.0 Å². The minimum absolute atomic E-state index is 0.0575. The lowest BCUT2D eigenvalue weighted by Gasteiger charge is -2.05. The van der Waals surface area contributed by atoms with Crippen LogP contribution in [0.4, 0.5) is 4.39 Å². The van der Waals surface area contributed by atoms with E-state index in [1.54, 1.807) is 0 Å². The van der Waals surface area contributed by atoms with Crippen molar-refractivity contribution in [2.24, 2.45) is 10.9 Å². The van der Waals surface area contributed by atoms with Gasteiger partial charge in [-0.25, -0.2) is 9.02 Å². The number of rotatable bonds is 7. The van der Waals surface area contributed by atoms with Gasteiger partial charge in [-0.3, -0.25) is 9.59 Å². The number of oxime groups is 1. The Balaban J connectivity index is 2.01. The van der Waals surface area contributed by atoms with Crippen molar-refractivity contribution in [2.45, 2.75) is 11.4 Å². The van der Waals surface area contributed by atoms with Gasteiger partial charge in [0.1, 0.15) is 11.5 Å². The number of amides is 2. The zero-order chi connectivity index (χ0) is 19.1. The first-order valence-corrected chi connectivity index (χ1v) is 8.47. The standard InChI is InChI=1S/C14H13ClFN5O4S/c15-8-5-7(1-2-9(8)16)6-10(19-24)11-14(21-25-20-11)26-4-3-18-13(23)12(17)22/h1-2,5,24H,3-4,6H2,(H2,17,22)(H,18,23). The van der Waals surface area contributed by atoms with Crippen molar-refractivity contribution in [3.05, 3.63) is 40.3 Å². The lowest BCUT2D eigenvalue weighted by molar-refractivity contribution is -0.137. The number of nitrogens with two attached hydrogens (primary N) is 1. The maximum Gasteiger partial charge on any atom is 0.309 e. The Kier molecular flexibility index (Phi) is 6.92. The van der Waals surface area contributed by atoms with Crippen molar-refractivity contribution in [3.63, 3.8) is 0 Å². The molecule has 2 amide bonds. The molecule has 0 saturated heterocycles. The summed E-state index contributed by atoms with van der Waals surface area (Å²) in [6.45, 7) is 0.151. The number of primary amides is 1. The maximum atomic E-state index is 13.2. The van der Waals surface area contributed by atoms with E-state index >= 15 is 0 Å². The van der Waals surface area contributed by atoms with Crippen LogP contribution in [0.3, 0.4) is 0 Å². The van der Waals surface area contributed by atoms with Crippen LogP contribution >= 0.6 is 23.4 Å². The highest BCUT2D eigenvalue weighted by Gasteiger charge is 2.19. The number of thioether (sulfide) groups is 1. The summed E-state index contributed by atoms with van der Waals surface area (Å²) >= 11 is 6.89. The largest absolute Gasteiger partial charge is 0.411 e. The molecular formula is C14H13ClFN5O4S. The molecule has 0 fully saturated rings. The van der Waals surface area contributed by atoms with Crippen molar-refractivity contribution >= 4 is 40.9 Å². The van der Waals surface area contributed by atoms with Gasteiger partial charge in [-0.15, -0.1) is 0 Å². The van der Waals surface area contributed by atoms with Crippen molar-refractivity contribution in [1.29, 1.82) is 0 Å². The van der Waals surface area contributed by atoms with Crippen molar-refractivity contribution < 1.29 is 23.8 Å². The number of nitrogens with zero attached hydrogens (tertiary/aromatic N) is 3. The molecule has 4 N–H and O–H groups in total. The third-order valence-corrected chi connectivity index (χ3v) is 4.30. The number of hydrogen-bond acceptors (Lipinski definition) is 8. The van der Waals surface area contributed by atoms with Gasteiger partial charge in [0, 0.05) is 18.7 Å². The molecule has 1 aromatic heterocycles. The molecule has 0 aliphatic heterocycles. The van der Waals surface area contributed by atoms with Gasteiger partial charge in [-0.1, -0.05) is 34.6 Å². The molecule has 26 heavy (non-hydrogen) atoms. The first kappa shape index (κ1) is 19.7. The predicted molar refractivity (Wildman–Crippen MR) is 90.7 cm³/mol. The summed E-state index contributed by atoms with van der Waals surface area (Å²) < 4.78 is 17.9. The van der Waals surface area contributed by atoms with Crippen LogP contribution in [0.15, 0.2) is 33.0 Å². The van der Waals surface area contributed by atoms with Crippen LogP contribution in [0.25, 0.3) is 0 Å². The molecule has 2 rings (SSSR count). The van der Waals surface area contributed by atoms with Gasteiger partial charge in [0.2, 0.25) is 0 Å². The van der Waals surface area contributed by atoms with Gasteiger partial charge < -0.3 is 16.3 Å². The van der Waals surface area contributed by atoms with E-state index in [-0.39, 0.29) is 29.4 Å². The van der Waals surface area contributed by atoms with Crippen LogP contribution in [0.5, 0.6) is 0 Å². The van der Waals surface area contributed by atoms with E-state index in [0.29, 0.717) is 16.3 Å². The van der Waals surface area contributed by atoms with Gasteiger partial charge in [-0.2, -0.15) is 0 Å². The third-order valence-electron chi connectivity index (χ3n) is 3.06. The van der Waals surface area contributed by atoms with Gasteiger partial charge in [0.25, 0.3) is 0 Å². The number of aromatic nitrogens is 2. The van der Waals surface area contributed by atoms with Crippen molar-refractivity contribution in [1.82, 2.24) is 15.6 Å². The fourth-order valence-electron chi connectivity index (χ4n) is 1.86. The Morgan fingerprint density at radius 2 is 2.19 bits per heavy atom. The summed E-state index contributed by atoms with van der Waals surface area (Å²) in [6, 6.07) is 4.10. The van der Waals surface area contributed by atoms with E-state index in [9.17, 15) is 19.2 Å². The normalized spacial score (nSPS) is 11.4. The predicted octanol–water partition coefficient (Wildman–Crippen LogP) is 0.977. The van der Waals surface area contributed by atoms with Crippen LogP contribution < -0.4 is 11.1 Å². The Bertz CT molecular complexity index is 844. The SMILES string of the molecule is NC(=O)C(=O)NCCSc1nonc1C(Cc1ccc(F)c(Cl)c1)=NO. The number of hydrogen-bond donors (Lipinski definition) is 3. The fraction of sp³-hybridized carbons (Fsp3) is 0.214. The highest BCUT2D eigenvalue weighted by atomic mass is 35.5. The number of benzene rings is 1. The third kappa shape index (κ3) is 5.17. The summed E-state index contributed by atoms with van der Waals surface area (Å²) in [4.78, 5) is 21.7. The van der Waals surface area contributed by atoms with Crippen molar-refractivity contribution in [3.8, 4) is 0 Å². The summed E-state index contributed by atoms with van der Waals surface area (Å²) in [5.41, 5.74) is 5.74. The number of nitrogens with one attached hydrogen (secondary N) is 1. The highest BCUT2D eigenvalue weighted by molar-refractivity contribution is 7.99. The van der Waals surface area contributed by atoms with Crippen LogP contribution in [0, 0.1) is 5.82 Å². The number of carbonyl (C=O) groups is 2. The highest BCUT2D eigenvalue weighted by Crippen LogP contribution is 2.22. The molecule has 1 heterocycles. The second kappa shape index (κ2) is 9.15. The van der Waals surface area contributed by atoms with E-state index < -0.39 is 17.6 Å². The molecule has 0 aliphatic rings. The molecule has 0 radical (unpaired) electrons. The summed E-state index contributed by atoms with van der Waals surface area (Å²) in [5, 5.41) is 22.4. The van der Waals surface area contributed by atoms with Crippen molar-refractivity contribution in [2.75, 3.05) is 12.3 Å². The van der Waals surface area contributed by atoms with E-state index in [1.165, 1.54) is 18.2 Å². The molecule has 0 aliphatic carbocycles. The average Bonchev–Trinajstić information content (AvgIpc) is 3.07. The molecule has 2 aromatic rings. The van der Waals surface area contributed by atoms with E-state index in [4.69, 9.17) is 17.3 Å². The van der Waals surface area contributed by atoms with Crippen LogP contribution in [-0.2, 0) is 16.0 Å². The summed E-state index contributed by atoms with van der Waals surface area (Å²) in [5.74, 6) is -2.20. The number of halogens is 2. The number of carbonyl (C=O) groups excluding carboxylic acids is 2. The summed E-state index contributed by atoms with van der Waals surface area (Å²) in [6.07, 6.45) is 0.108. The Hall–Kier alpha value is -2.66. The smallest absolute Gasteiger partial charge is 0.309 e. The molecule has 0 saturated carbocycles. The Labute approximate surface area is 155 Å². The second-order valence-corrected chi connectivity index (χ2v) is 6.35. The minimum atomic E-state index is -1.08. The molecule has 1 aromatic carbocycles. The Morgan fingerprint density at radius 3 is 2.85 bits per heavy atom.